The van der Waals surface area contributed by atoms with Crippen LogP contribution in [0.25, 0.3) is 11.1 Å². The molecular formula is C19H23ClN2O2. The Morgan fingerprint density at radius 1 is 1.04 bits per heavy atom. The largest absolute Gasteiger partial charge is 0.483 e. The normalized spacial score (nSPS) is 14.8. The molecule has 1 aliphatic heterocycles. The van der Waals surface area contributed by atoms with Gasteiger partial charge < -0.3 is 15.4 Å². The maximum Gasteiger partial charge on any atom is 0.260 e. The SMILES string of the molecule is Cl.NC1CCN(C(=O)COc2ccccc2-c2ccccc2)CC1. The third kappa shape index (κ3) is 4.49. The Kier molecular flexibility index (Phi) is 6.64. The molecule has 0 atom stereocenters. The first-order valence-electron chi connectivity index (χ1n) is 8.04. The molecule has 2 aromatic carbocycles. The van der Waals surface area contributed by atoms with Crippen molar-refractivity contribution in [3.8, 4) is 16.9 Å². The molecule has 0 spiro atoms. The maximum atomic E-state index is 12.3. The van der Waals surface area contributed by atoms with E-state index in [1.54, 1.807) is 0 Å². The number of rotatable bonds is 4. The summed E-state index contributed by atoms with van der Waals surface area (Å²) in [5, 5.41) is 0. The van der Waals surface area contributed by atoms with E-state index in [1.807, 2.05) is 59.5 Å². The van der Waals surface area contributed by atoms with Gasteiger partial charge in [0, 0.05) is 24.7 Å². The van der Waals surface area contributed by atoms with E-state index in [9.17, 15) is 4.79 Å². The predicted molar refractivity (Wildman–Crippen MR) is 98.4 cm³/mol. The lowest BCUT2D eigenvalue weighted by molar-refractivity contribution is -0.134. The number of amides is 1. The maximum absolute atomic E-state index is 12.3. The Bertz CT molecular complexity index is 655. The summed E-state index contributed by atoms with van der Waals surface area (Å²) in [6, 6.07) is 18.1. The zero-order valence-corrected chi connectivity index (χ0v) is 14.4. The number of benzene rings is 2. The van der Waals surface area contributed by atoms with Crippen LogP contribution in [0, 0.1) is 0 Å². The van der Waals surface area contributed by atoms with Crippen LogP contribution in [0.15, 0.2) is 54.6 Å². The van der Waals surface area contributed by atoms with Gasteiger partial charge in [0.1, 0.15) is 5.75 Å². The van der Waals surface area contributed by atoms with E-state index in [0.717, 1.165) is 42.8 Å². The highest BCUT2D eigenvalue weighted by molar-refractivity contribution is 5.85. The van der Waals surface area contributed by atoms with Crippen LogP contribution in [-0.4, -0.2) is 36.5 Å². The molecule has 2 aromatic rings. The molecule has 24 heavy (non-hydrogen) atoms. The number of carbonyl (C=O) groups excluding carboxylic acids is 1. The van der Waals surface area contributed by atoms with Crippen molar-refractivity contribution in [1.82, 2.24) is 4.90 Å². The van der Waals surface area contributed by atoms with Crippen molar-refractivity contribution < 1.29 is 9.53 Å². The van der Waals surface area contributed by atoms with Gasteiger partial charge in [-0.2, -0.15) is 0 Å². The van der Waals surface area contributed by atoms with Gasteiger partial charge >= 0.3 is 0 Å². The molecule has 1 aliphatic rings. The number of nitrogens with two attached hydrogens (primary N) is 1. The predicted octanol–water partition coefficient (Wildman–Crippen LogP) is 3.10. The average molecular weight is 347 g/mol. The minimum Gasteiger partial charge on any atom is -0.483 e. The Labute approximate surface area is 149 Å². The second-order valence-corrected chi connectivity index (χ2v) is 5.87. The summed E-state index contributed by atoms with van der Waals surface area (Å²) in [5.41, 5.74) is 7.96. The van der Waals surface area contributed by atoms with Gasteiger partial charge in [0.2, 0.25) is 0 Å². The average Bonchev–Trinajstić information content (AvgIpc) is 2.61. The van der Waals surface area contributed by atoms with E-state index in [0.29, 0.717) is 0 Å². The van der Waals surface area contributed by atoms with E-state index in [2.05, 4.69) is 0 Å². The quantitative estimate of drug-likeness (QED) is 0.925. The molecule has 3 rings (SSSR count). The third-order valence-electron chi connectivity index (χ3n) is 4.22. The first-order chi connectivity index (χ1) is 11.2. The summed E-state index contributed by atoms with van der Waals surface area (Å²) in [6.45, 7) is 1.52. The van der Waals surface area contributed by atoms with E-state index >= 15 is 0 Å². The van der Waals surface area contributed by atoms with Gasteiger partial charge in [-0.3, -0.25) is 4.79 Å². The van der Waals surface area contributed by atoms with Crippen molar-refractivity contribution in [3.05, 3.63) is 54.6 Å². The number of carbonyl (C=O) groups is 1. The first-order valence-corrected chi connectivity index (χ1v) is 8.04. The molecule has 1 heterocycles. The number of hydrogen-bond donors (Lipinski definition) is 1. The molecule has 1 amide bonds. The number of likely N-dealkylation sites (tertiary alicyclic amines) is 1. The Morgan fingerprint density at radius 2 is 1.67 bits per heavy atom. The van der Waals surface area contributed by atoms with Crippen LogP contribution in [0.2, 0.25) is 0 Å². The number of halogens is 1. The second kappa shape index (κ2) is 8.71. The van der Waals surface area contributed by atoms with Gasteiger partial charge in [-0.1, -0.05) is 48.5 Å². The van der Waals surface area contributed by atoms with Crippen molar-refractivity contribution in [2.75, 3.05) is 19.7 Å². The van der Waals surface area contributed by atoms with Crippen molar-refractivity contribution in [2.24, 2.45) is 5.73 Å². The molecule has 0 aromatic heterocycles. The standard InChI is InChI=1S/C19H22N2O2.ClH/c20-16-10-12-21(13-11-16)19(22)14-23-18-9-5-4-8-17(18)15-6-2-1-3-7-15;/h1-9,16H,10-14,20H2;1H. The lowest BCUT2D eigenvalue weighted by Gasteiger charge is -2.30. The summed E-state index contributed by atoms with van der Waals surface area (Å²) in [5.74, 6) is 0.764. The van der Waals surface area contributed by atoms with Crippen LogP contribution in [0.3, 0.4) is 0 Å². The van der Waals surface area contributed by atoms with Gasteiger partial charge in [-0.25, -0.2) is 0 Å². The summed E-state index contributed by atoms with van der Waals surface area (Å²) in [4.78, 5) is 14.1. The molecule has 2 N–H and O–H groups in total. The summed E-state index contributed by atoms with van der Waals surface area (Å²) >= 11 is 0. The Morgan fingerprint density at radius 3 is 2.38 bits per heavy atom. The number of piperidine rings is 1. The molecule has 4 nitrogen and oxygen atoms in total. The molecule has 128 valence electrons. The minimum atomic E-state index is 0. The Balaban J connectivity index is 0.00000208. The highest BCUT2D eigenvalue weighted by atomic mass is 35.5. The van der Waals surface area contributed by atoms with Crippen molar-refractivity contribution in [3.63, 3.8) is 0 Å². The fourth-order valence-electron chi connectivity index (χ4n) is 2.83. The molecule has 0 unspecified atom stereocenters. The van der Waals surface area contributed by atoms with Gasteiger partial charge in [-0.05, 0) is 24.5 Å². The lowest BCUT2D eigenvalue weighted by atomic mass is 10.0. The number of ether oxygens (including phenoxy) is 1. The highest BCUT2D eigenvalue weighted by Crippen LogP contribution is 2.29. The molecule has 1 fully saturated rings. The number of hydrogen-bond acceptors (Lipinski definition) is 3. The van der Waals surface area contributed by atoms with E-state index < -0.39 is 0 Å². The van der Waals surface area contributed by atoms with E-state index in [4.69, 9.17) is 10.5 Å². The van der Waals surface area contributed by atoms with Crippen LogP contribution < -0.4 is 10.5 Å². The molecule has 1 saturated heterocycles. The van der Waals surface area contributed by atoms with Crippen molar-refractivity contribution in [1.29, 1.82) is 0 Å². The van der Waals surface area contributed by atoms with E-state index in [1.165, 1.54) is 0 Å². The van der Waals surface area contributed by atoms with Crippen LogP contribution in [0.5, 0.6) is 5.75 Å². The molecule has 0 radical (unpaired) electrons. The Hall–Kier alpha value is -2.04. The van der Waals surface area contributed by atoms with Crippen LogP contribution in [0.1, 0.15) is 12.8 Å². The monoisotopic (exact) mass is 346 g/mol. The van der Waals surface area contributed by atoms with Gasteiger partial charge in [-0.15, -0.1) is 12.4 Å². The third-order valence-corrected chi connectivity index (χ3v) is 4.22. The van der Waals surface area contributed by atoms with Crippen LogP contribution in [0.4, 0.5) is 0 Å². The smallest absolute Gasteiger partial charge is 0.260 e. The molecule has 0 aliphatic carbocycles. The molecule has 0 bridgehead atoms. The fourth-order valence-corrected chi connectivity index (χ4v) is 2.83. The van der Waals surface area contributed by atoms with E-state index in [-0.39, 0.29) is 31.0 Å². The number of nitrogens with zero attached hydrogens (tertiary/aromatic N) is 1. The van der Waals surface area contributed by atoms with Crippen molar-refractivity contribution in [2.45, 2.75) is 18.9 Å². The molecule has 5 heteroatoms. The summed E-state index contributed by atoms with van der Waals surface area (Å²) < 4.78 is 5.81. The topological polar surface area (TPSA) is 55.6 Å². The van der Waals surface area contributed by atoms with Crippen molar-refractivity contribution >= 4 is 18.3 Å². The first kappa shape index (κ1) is 18.3. The zero-order chi connectivity index (χ0) is 16.1. The lowest BCUT2D eigenvalue weighted by Crippen LogP contribution is -2.44. The number of para-hydroxylation sites is 1. The molecule has 0 saturated carbocycles. The summed E-state index contributed by atoms with van der Waals surface area (Å²) in [6.07, 6.45) is 1.73. The second-order valence-electron chi connectivity index (χ2n) is 5.87. The van der Waals surface area contributed by atoms with Gasteiger partial charge in [0.05, 0.1) is 0 Å². The zero-order valence-electron chi connectivity index (χ0n) is 13.6. The fraction of sp³-hybridized carbons (Fsp3) is 0.316. The minimum absolute atomic E-state index is 0. The van der Waals surface area contributed by atoms with Crippen LogP contribution in [-0.2, 0) is 4.79 Å². The van der Waals surface area contributed by atoms with Crippen LogP contribution >= 0.6 is 12.4 Å². The highest BCUT2D eigenvalue weighted by Gasteiger charge is 2.21. The molecular weight excluding hydrogens is 324 g/mol. The summed E-state index contributed by atoms with van der Waals surface area (Å²) in [7, 11) is 0. The van der Waals surface area contributed by atoms with Gasteiger partial charge in [0.25, 0.3) is 5.91 Å². The van der Waals surface area contributed by atoms with Gasteiger partial charge in [0.15, 0.2) is 6.61 Å².